The van der Waals surface area contributed by atoms with Crippen LogP contribution < -0.4 is 36.7 Å². The van der Waals surface area contributed by atoms with E-state index in [1.54, 1.807) is 0 Å². The third-order valence-electron chi connectivity index (χ3n) is 14.3. The van der Waals surface area contributed by atoms with Gasteiger partial charge in [0.15, 0.2) is 0 Å². The maximum Gasteiger partial charge on any atom is 0.251 e. The van der Waals surface area contributed by atoms with Crippen LogP contribution in [0.1, 0.15) is 95.7 Å². The third kappa shape index (κ3) is 13.9. The van der Waals surface area contributed by atoms with Gasteiger partial charge in [0.25, 0.3) is 11.8 Å². The summed E-state index contributed by atoms with van der Waals surface area (Å²) in [5.74, 6) is 1.45. The van der Waals surface area contributed by atoms with Crippen LogP contribution in [0.5, 0.6) is 5.75 Å². The summed E-state index contributed by atoms with van der Waals surface area (Å²) in [5.41, 5.74) is 30.0. The van der Waals surface area contributed by atoms with Crippen LogP contribution >= 0.6 is 0 Å². The maximum atomic E-state index is 13.0. The number of nitrogens with one attached hydrogen (secondary N) is 3. The number of carbonyl (C=O) groups excluding carboxylic acids is 2. The molecule has 7 aromatic carbocycles. The Bertz CT molecular complexity index is 3590. The van der Waals surface area contributed by atoms with Gasteiger partial charge in [0, 0.05) is 59.5 Å². The number of nitrogens with zero attached hydrogens (tertiary/aromatic N) is 3. The van der Waals surface area contributed by atoms with Gasteiger partial charge >= 0.3 is 0 Å². The normalized spacial score (nSPS) is 12.8. The maximum absolute atomic E-state index is 13.0. The molecular weight excluding hydrogens is 981 g/mol. The number of ether oxygens (including phenoxy) is 2. The molecule has 12 nitrogen and oxygen atoms in total. The molecule has 79 heavy (non-hydrogen) atoms. The van der Waals surface area contributed by atoms with Gasteiger partial charge < -0.3 is 36.9 Å². The van der Waals surface area contributed by atoms with Gasteiger partial charge in [-0.2, -0.15) is 0 Å². The molecule has 1 heterocycles. The van der Waals surface area contributed by atoms with Crippen molar-refractivity contribution in [2.75, 3.05) is 43.1 Å². The van der Waals surface area contributed by atoms with Crippen molar-refractivity contribution in [1.29, 1.82) is 0 Å². The van der Waals surface area contributed by atoms with Gasteiger partial charge in [-0.1, -0.05) is 92.9 Å². The summed E-state index contributed by atoms with van der Waals surface area (Å²) in [5, 5.41) is 9.58. The van der Waals surface area contributed by atoms with Crippen molar-refractivity contribution in [3.05, 3.63) is 209 Å². The molecule has 0 unspecified atom stereocenters. The van der Waals surface area contributed by atoms with Crippen molar-refractivity contribution in [2.24, 2.45) is 4.99 Å². The highest BCUT2D eigenvalue weighted by atomic mass is 16.5. The SMILES string of the molecule is C=C1C=C(OCCCCCCNC(=O)c2ccc(-c3ccc(C(=O)NCCCCCCOc4cc5c(cc4C)nc4cc(C)c(N)cc4[n+]5-c4ccccc4)cc3)cc2)C(C)=C/C1=N/c1cc(C)c(N)cc1Nc1ccccc1. The first-order valence-electron chi connectivity index (χ1n) is 27.4. The summed E-state index contributed by atoms with van der Waals surface area (Å²) in [7, 11) is 0. The van der Waals surface area contributed by atoms with E-state index in [9.17, 15) is 9.59 Å². The quantitative estimate of drug-likeness (QED) is 0.0182. The average Bonchev–Trinajstić information content (AvgIpc) is 3.46. The smallest absolute Gasteiger partial charge is 0.251 e. The summed E-state index contributed by atoms with van der Waals surface area (Å²) in [6.45, 7) is 14.7. The lowest BCUT2D eigenvalue weighted by Gasteiger charge is -2.18. The van der Waals surface area contributed by atoms with Crippen molar-refractivity contribution in [2.45, 2.75) is 79.1 Å². The number of fused-ring (bicyclic) bond motifs is 2. The van der Waals surface area contributed by atoms with Crippen LogP contribution in [0.15, 0.2) is 186 Å². The third-order valence-corrected chi connectivity index (χ3v) is 14.3. The molecule has 0 saturated carbocycles. The molecule has 1 aliphatic carbocycles. The molecule has 1 aliphatic rings. The van der Waals surface area contributed by atoms with Gasteiger partial charge in [0.2, 0.25) is 16.7 Å². The molecular formula is C67H71N8O4+. The number of aromatic nitrogens is 2. The van der Waals surface area contributed by atoms with Gasteiger partial charge in [-0.15, -0.1) is 4.57 Å². The second-order valence-corrected chi connectivity index (χ2v) is 20.4. The average molecular weight is 1050 g/mol. The minimum atomic E-state index is -0.0953. The number of amides is 2. The van der Waals surface area contributed by atoms with Gasteiger partial charge in [0.05, 0.1) is 36.4 Å². The number of nitrogens with two attached hydrogens (primary N) is 2. The first-order valence-corrected chi connectivity index (χ1v) is 27.4. The molecule has 0 atom stereocenters. The van der Waals surface area contributed by atoms with Crippen molar-refractivity contribution >= 4 is 68.0 Å². The Morgan fingerprint density at radius 2 is 1.11 bits per heavy atom. The van der Waals surface area contributed by atoms with E-state index >= 15 is 0 Å². The summed E-state index contributed by atoms with van der Waals surface area (Å²) in [6.07, 6.45) is 11.4. The lowest BCUT2D eigenvalue weighted by Crippen LogP contribution is -2.33. The molecule has 402 valence electrons. The number of hydrogen-bond acceptors (Lipinski definition) is 9. The lowest BCUT2D eigenvalue weighted by atomic mass is 10.0. The highest BCUT2D eigenvalue weighted by molar-refractivity contribution is 6.13. The number of nitrogen functional groups attached to an aromatic ring is 2. The van der Waals surface area contributed by atoms with E-state index in [4.69, 9.17) is 30.9 Å². The van der Waals surface area contributed by atoms with Crippen LogP contribution in [-0.2, 0) is 4.74 Å². The molecule has 0 radical (unpaired) electrons. The zero-order chi connectivity index (χ0) is 55.3. The van der Waals surface area contributed by atoms with Crippen molar-refractivity contribution < 1.29 is 23.6 Å². The summed E-state index contributed by atoms with van der Waals surface area (Å²) in [6, 6.07) is 47.5. The lowest BCUT2D eigenvalue weighted by molar-refractivity contribution is -0.538. The van der Waals surface area contributed by atoms with E-state index in [1.807, 2.05) is 154 Å². The molecule has 12 heteroatoms. The number of unbranched alkanes of at least 4 members (excludes halogenated alkanes) is 6. The second kappa shape index (κ2) is 25.9. The van der Waals surface area contributed by atoms with Crippen LogP contribution in [0.25, 0.3) is 38.9 Å². The number of carbonyl (C=O) groups is 2. The number of allylic oxidation sites excluding steroid dienone is 4. The highest BCUT2D eigenvalue weighted by Crippen LogP contribution is 2.35. The second-order valence-electron chi connectivity index (χ2n) is 20.4. The van der Waals surface area contributed by atoms with Crippen molar-refractivity contribution in [3.8, 4) is 22.6 Å². The molecule has 0 aliphatic heterocycles. The fraction of sp³-hybridized carbons (Fsp3) is 0.239. The molecule has 0 bridgehead atoms. The predicted octanol–water partition coefficient (Wildman–Crippen LogP) is 14.0. The summed E-state index contributed by atoms with van der Waals surface area (Å²) in [4.78, 5) is 36.0. The van der Waals surface area contributed by atoms with Crippen molar-refractivity contribution in [1.82, 2.24) is 15.6 Å². The van der Waals surface area contributed by atoms with E-state index in [-0.39, 0.29) is 11.8 Å². The molecule has 8 aromatic rings. The minimum absolute atomic E-state index is 0.0929. The molecule has 1 aromatic heterocycles. The number of hydrogen-bond donors (Lipinski definition) is 5. The van der Waals surface area contributed by atoms with E-state index in [1.165, 1.54) is 0 Å². The molecule has 7 N–H and O–H groups in total. The van der Waals surface area contributed by atoms with Crippen LogP contribution in [0.4, 0.5) is 28.4 Å². The van der Waals surface area contributed by atoms with Crippen LogP contribution in [-0.4, -0.2) is 48.8 Å². The zero-order valence-electron chi connectivity index (χ0n) is 45.8. The van der Waals surface area contributed by atoms with E-state index in [2.05, 4.69) is 58.3 Å². The molecule has 0 fully saturated rings. The number of para-hydroxylation sites is 2. The standard InChI is InChI=1S/C67H70N8O4/c1-44-36-58(59(41-55(44)68)72-53-20-12-10-13-21-53)73-57-38-47(4)64(40-46(57)3)78-34-18-8-6-16-32-70-66(76)51-28-24-49(25-29-51)50-26-30-52(31-27-50)67(77)71-33-17-7-9-19-35-79-65-43-63-61(39-48(65)5)74-60-37-45(2)56(69)42-62(60)75(63)54-22-14-11-15-23-54/h10-15,20-31,36-43,69,72H,3,6-9,16-19,32-35,68H2,1-2,4-5H3,(H2,70,71,76,77)/p+1/b73-57-. The fourth-order valence-electron chi connectivity index (χ4n) is 9.61. The van der Waals surface area contributed by atoms with Crippen molar-refractivity contribution in [3.63, 3.8) is 0 Å². The van der Waals surface area contributed by atoms with Gasteiger partial charge in [-0.25, -0.2) is 9.98 Å². The van der Waals surface area contributed by atoms with E-state index in [0.717, 1.165) is 158 Å². The monoisotopic (exact) mass is 1050 g/mol. The van der Waals surface area contributed by atoms with E-state index < -0.39 is 0 Å². The predicted molar refractivity (Wildman–Crippen MR) is 323 cm³/mol. The van der Waals surface area contributed by atoms with Crippen LogP contribution in [0, 0.1) is 20.8 Å². The first-order chi connectivity index (χ1) is 38.4. The Hall–Kier alpha value is -9.03. The van der Waals surface area contributed by atoms with Gasteiger partial charge in [-0.05, 0) is 165 Å². The minimum Gasteiger partial charge on any atom is -0.493 e. The van der Waals surface area contributed by atoms with Crippen LogP contribution in [0.2, 0.25) is 0 Å². The Kier molecular flexibility index (Phi) is 17.9. The molecule has 9 rings (SSSR count). The number of aliphatic imine (C=N–C) groups is 1. The number of rotatable bonds is 23. The fourth-order valence-corrected chi connectivity index (χ4v) is 9.61. The number of anilines is 4. The Balaban J connectivity index is 0.645. The van der Waals surface area contributed by atoms with Gasteiger partial charge in [0.1, 0.15) is 22.5 Å². The number of benzene rings is 7. The summed E-state index contributed by atoms with van der Waals surface area (Å²) >= 11 is 0. The molecule has 0 spiro atoms. The Morgan fingerprint density at radius 1 is 0.582 bits per heavy atom. The topological polar surface area (TPSA) is 170 Å². The highest BCUT2D eigenvalue weighted by Gasteiger charge is 2.23. The van der Waals surface area contributed by atoms with Crippen LogP contribution in [0.3, 0.4) is 0 Å². The number of aryl methyl sites for hydroxylation is 3. The Morgan fingerprint density at radius 3 is 1.73 bits per heavy atom. The molecule has 0 saturated heterocycles. The first kappa shape index (κ1) is 54.7. The van der Waals surface area contributed by atoms with Gasteiger partial charge in [-0.3, -0.25) is 9.59 Å². The zero-order valence-corrected chi connectivity index (χ0v) is 45.8. The van der Waals surface area contributed by atoms with E-state index in [0.29, 0.717) is 43.1 Å². The largest absolute Gasteiger partial charge is 0.493 e. The molecule has 2 amide bonds. The Labute approximate surface area is 464 Å². The summed E-state index contributed by atoms with van der Waals surface area (Å²) < 4.78 is 14.7.